The molecule has 19 heavy (non-hydrogen) atoms. The minimum Gasteiger partial charge on any atom is -0.490 e. The van der Waals surface area contributed by atoms with Gasteiger partial charge in [-0.25, -0.2) is 0 Å². The first-order valence-corrected chi connectivity index (χ1v) is 6.31. The van der Waals surface area contributed by atoms with Crippen molar-refractivity contribution in [3.8, 4) is 5.75 Å². The van der Waals surface area contributed by atoms with Crippen LogP contribution < -0.4 is 10.5 Å². The zero-order valence-electron chi connectivity index (χ0n) is 11.0. The second kappa shape index (κ2) is 5.44. The number of benzene rings is 1. The van der Waals surface area contributed by atoms with Crippen LogP contribution in [0.25, 0.3) is 0 Å². The monoisotopic (exact) mass is 266 g/mol. The molecular weight excluding hydrogens is 248 g/mol. The third-order valence-electron chi connectivity index (χ3n) is 3.08. The zero-order chi connectivity index (χ0) is 14.0. The average molecular weight is 266 g/mol. The molecule has 1 fully saturated rings. The van der Waals surface area contributed by atoms with Crippen LogP contribution in [0, 0.1) is 10.1 Å². The summed E-state index contributed by atoms with van der Waals surface area (Å²) >= 11 is 0. The Morgan fingerprint density at radius 3 is 2.53 bits per heavy atom. The zero-order valence-corrected chi connectivity index (χ0v) is 11.0. The molecule has 6 heteroatoms. The van der Waals surface area contributed by atoms with E-state index in [0.29, 0.717) is 11.4 Å². The van der Waals surface area contributed by atoms with E-state index in [2.05, 4.69) is 0 Å². The number of nitro groups is 1. The van der Waals surface area contributed by atoms with E-state index < -0.39 is 4.92 Å². The molecule has 0 spiro atoms. The van der Waals surface area contributed by atoms with Crippen LogP contribution in [0.15, 0.2) is 18.2 Å². The maximum Gasteiger partial charge on any atom is 0.275 e. The third-order valence-corrected chi connectivity index (χ3v) is 3.08. The first kappa shape index (κ1) is 13.6. The number of rotatable bonds is 3. The van der Waals surface area contributed by atoms with Gasteiger partial charge < -0.3 is 15.2 Å². The van der Waals surface area contributed by atoms with Crippen LogP contribution in [0.5, 0.6) is 5.75 Å². The highest BCUT2D eigenvalue weighted by atomic mass is 16.6. The number of ether oxygens (including phenoxy) is 2. The average Bonchev–Trinajstić information content (AvgIpc) is 2.26. The van der Waals surface area contributed by atoms with Crippen LogP contribution in [-0.4, -0.2) is 23.2 Å². The van der Waals surface area contributed by atoms with Gasteiger partial charge in [0.1, 0.15) is 11.9 Å². The summed E-state index contributed by atoms with van der Waals surface area (Å²) in [6, 6.07) is 4.33. The smallest absolute Gasteiger partial charge is 0.275 e. The van der Waals surface area contributed by atoms with Gasteiger partial charge in [0.2, 0.25) is 0 Å². The number of non-ortho nitro benzene ring substituents is 1. The summed E-state index contributed by atoms with van der Waals surface area (Å²) < 4.78 is 11.4. The van der Waals surface area contributed by atoms with Gasteiger partial charge in [0, 0.05) is 30.7 Å². The predicted molar refractivity (Wildman–Crippen MR) is 71.2 cm³/mol. The highest BCUT2D eigenvalue weighted by molar-refractivity contribution is 5.53. The topological polar surface area (TPSA) is 87.6 Å². The van der Waals surface area contributed by atoms with Crippen LogP contribution in [0.3, 0.4) is 0 Å². The summed E-state index contributed by atoms with van der Waals surface area (Å²) in [5.41, 5.74) is 5.93. The molecule has 6 nitrogen and oxygen atoms in total. The van der Waals surface area contributed by atoms with Crippen molar-refractivity contribution < 1.29 is 14.4 Å². The summed E-state index contributed by atoms with van der Waals surface area (Å²) in [6.07, 6.45) is 1.80. The number of nitrogens with two attached hydrogens (primary N) is 1. The van der Waals surface area contributed by atoms with Crippen LogP contribution in [0.4, 0.5) is 11.4 Å². The van der Waals surface area contributed by atoms with Gasteiger partial charge in [0.15, 0.2) is 0 Å². The molecule has 0 bridgehead atoms. The lowest BCUT2D eigenvalue weighted by Crippen LogP contribution is -2.35. The third kappa shape index (κ3) is 3.57. The number of anilines is 1. The quantitative estimate of drug-likeness (QED) is 0.516. The maximum atomic E-state index is 10.8. The minimum absolute atomic E-state index is 0.000143. The molecule has 1 aliphatic rings. The van der Waals surface area contributed by atoms with Crippen LogP contribution >= 0.6 is 0 Å². The van der Waals surface area contributed by atoms with Crippen molar-refractivity contribution in [2.45, 2.75) is 45.0 Å². The lowest BCUT2D eigenvalue weighted by Gasteiger charge is -2.32. The predicted octanol–water partition coefficient (Wildman–Crippen LogP) is 2.51. The van der Waals surface area contributed by atoms with Gasteiger partial charge in [0.25, 0.3) is 5.69 Å². The normalized spacial score (nSPS) is 26.9. The van der Waals surface area contributed by atoms with Crippen molar-refractivity contribution in [2.24, 2.45) is 0 Å². The lowest BCUT2D eigenvalue weighted by molar-refractivity contribution is -0.384. The Bertz CT molecular complexity index is 468. The van der Waals surface area contributed by atoms with Gasteiger partial charge in [-0.1, -0.05) is 0 Å². The van der Waals surface area contributed by atoms with Crippen molar-refractivity contribution in [3.05, 3.63) is 28.3 Å². The minimum atomic E-state index is -0.474. The molecule has 2 N–H and O–H groups in total. The molecule has 0 saturated carbocycles. The van der Waals surface area contributed by atoms with Crippen molar-refractivity contribution in [1.29, 1.82) is 0 Å². The molecule has 2 rings (SSSR count). The summed E-state index contributed by atoms with van der Waals surface area (Å²) in [6.45, 7) is 3.99. The van der Waals surface area contributed by atoms with Crippen molar-refractivity contribution in [1.82, 2.24) is 0 Å². The number of hydrogen-bond acceptors (Lipinski definition) is 5. The van der Waals surface area contributed by atoms with E-state index in [1.807, 2.05) is 13.8 Å². The van der Waals surface area contributed by atoms with E-state index in [1.165, 1.54) is 12.1 Å². The molecule has 104 valence electrons. The lowest BCUT2D eigenvalue weighted by atomic mass is 10.0. The van der Waals surface area contributed by atoms with E-state index in [1.54, 1.807) is 6.07 Å². The SMILES string of the molecule is CC1CC(Oc2cc(N)cc([N+](=O)[O-])c2)CC(C)O1. The van der Waals surface area contributed by atoms with Crippen molar-refractivity contribution in [3.63, 3.8) is 0 Å². The maximum absolute atomic E-state index is 10.8. The fraction of sp³-hybridized carbons (Fsp3) is 0.538. The highest BCUT2D eigenvalue weighted by Crippen LogP contribution is 2.28. The molecule has 0 aromatic heterocycles. The molecule has 0 aliphatic carbocycles. The van der Waals surface area contributed by atoms with Gasteiger partial charge in [-0.3, -0.25) is 10.1 Å². The highest BCUT2D eigenvalue weighted by Gasteiger charge is 2.26. The van der Waals surface area contributed by atoms with Crippen LogP contribution in [0.2, 0.25) is 0 Å². The van der Waals surface area contributed by atoms with Crippen molar-refractivity contribution in [2.75, 3.05) is 5.73 Å². The standard InChI is InChI=1S/C13H18N2O4/c1-8-3-12(4-9(2)18-8)19-13-6-10(14)5-11(7-13)15(16)17/h5-9,12H,3-4,14H2,1-2H3. The first-order chi connectivity index (χ1) is 8.94. The Morgan fingerprint density at radius 1 is 1.32 bits per heavy atom. The molecular formula is C13H18N2O4. The second-order valence-electron chi connectivity index (χ2n) is 4.99. The Hall–Kier alpha value is -1.82. The van der Waals surface area contributed by atoms with E-state index in [0.717, 1.165) is 12.8 Å². The summed E-state index contributed by atoms with van der Waals surface area (Å²) in [5, 5.41) is 10.8. The Balaban J connectivity index is 2.12. The van der Waals surface area contributed by atoms with Crippen LogP contribution in [0.1, 0.15) is 26.7 Å². The molecule has 1 aliphatic heterocycles. The number of nitrogens with zero attached hydrogens (tertiary/aromatic N) is 1. The fourth-order valence-electron chi connectivity index (χ4n) is 2.41. The van der Waals surface area contributed by atoms with Gasteiger partial charge in [-0.05, 0) is 13.8 Å². The molecule has 1 aromatic rings. The molecule has 1 aromatic carbocycles. The van der Waals surface area contributed by atoms with Crippen molar-refractivity contribution >= 4 is 11.4 Å². The molecule has 2 atom stereocenters. The summed E-state index contributed by atoms with van der Waals surface area (Å²) in [7, 11) is 0. The number of hydrogen-bond donors (Lipinski definition) is 1. The van der Waals surface area contributed by atoms with Gasteiger partial charge >= 0.3 is 0 Å². The number of nitrogen functional groups attached to an aromatic ring is 1. The summed E-state index contributed by atoms with van der Waals surface area (Å²) in [4.78, 5) is 10.3. The molecule has 1 saturated heterocycles. The van der Waals surface area contributed by atoms with E-state index in [9.17, 15) is 10.1 Å². The summed E-state index contributed by atoms with van der Waals surface area (Å²) in [5.74, 6) is 0.443. The van der Waals surface area contributed by atoms with Crippen LogP contribution in [-0.2, 0) is 4.74 Å². The number of nitro benzene ring substituents is 1. The van der Waals surface area contributed by atoms with Gasteiger partial charge in [0.05, 0.1) is 23.2 Å². The van der Waals surface area contributed by atoms with Gasteiger partial charge in [-0.15, -0.1) is 0 Å². The van der Waals surface area contributed by atoms with E-state index >= 15 is 0 Å². The Labute approximate surface area is 111 Å². The van der Waals surface area contributed by atoms with E-state index in [4.69, 9.17) is 15.2 Å². The largest absolute Gasteiger partial charge is 0.490 e. The molecule has 2 unspecified atom stereocenters. The Morgan fingerprint density at radius 2 is 1.95 bits per heavy atom. The molecule has 0 amide bonds. The second-order valence-corrected chi connectivity index (χ2v) is 4.99. The fourth-order valence-corrected chi connectivity index (χ4v) is 2.41. The molecule has 0 radical (unpaired) electrons. The van der Waals surface area contributed by atoms with Gasteiger partial charge in [-0.2, -0.15) is 0 Å². The van der Waals surface area contributed by atoms with E-state index in [-0.39, 0.29) is 24.0 Å². The molecule has 1 heterocycles. The first-order valence-electron chi connectivity index (χ1n) is 6.31. The Kier molecular flexibility index (Phi) is 3.90.